The van der Waals surface area contributed by atoms with Crippen molar-refractivity contribution in [2.24, 2.45) is 5.10 Å². The number of nitrogens with one attached hydrogen (secondary N) is 1. The lowest BCUT2D eigenvalue weighted by molar-refractivity contribution is 0.0951. The molecule has 0 aliphatic carbocycles. The van der Waals surface area contributed by atoms with E-state index < -0.39 is 11.7 Å². The van der Waals surface area contributed by atoms with Crippen molar-refractivity contribution < 1.29 is 9.18 Å². The molecule has 1 N–H and O–H groups in total. The number of nitrogens with zero attached hydrogens (tertiary/aromatic N) is 2. The van der Waals surface area contributed by atoms with Crippen molar-refractivity contribution in [3.8, 4) is 0 Å². The Kier molecular flexibility index (Phi) is 4.72. The predicted molar refractivity (Wildman–Crippen MR) is 90.2 cm³/mol. The minimum atomic E-state index is -0.601. The second-order valence-electron chi connectivity index (χ2n) is 4.98. The van der Waals surface area contributed by atoms with Crippen LogP contribution in [0.25, 0.3) is 0 Å². The highest BCUT2D eigenvalue weighted by molar-refractivity contribution is 6.13. The van der Waals surface area contributed by atoms with Gasteiger partial charge in [0.2, 0.25) is 0 Å². The zero-order valence-corrected chi connectivity index (χ0v) is 12.7. The summed E-state index contributed by atoms with van der Waals surface area (Å²) in [5.41, 5.74) is 4.57. The van der Waals surface area contributed by atoms with Gasteiger partial charge in [-0.1, -0.05) is 42.5 Å². The molecule has 3 aromatic rings. The Bertz CT molecular complexity index is 823. The van der Waals surface area contributed by atoms with Crippen molar-refractivity contribution in [2.75, 3.05) is 0 Å². The smallest absolute Gasteiger partial charge is 0.267 e. The average molecular weight is 319 g/mol. The normalized spacial score (nSPS) is 11.1. The third kappa shape index (κ3) is 3.52. The molecule has 0 aliphatic heterocycles. The van der Waals surface area contributed by atoms with Gasteiger partial charge in [-0.3, -0.25) is 9.78 Å². The number of amides is 1. The zero-order chi connectivity index (χ0) is 16.8. The van der Waals surface area contributed by atoms with E-state index in [1.807, 2.05) is 30.3 Å². The number of carbonyl (C=O) groups is 1. The lowest BCUT2D eigenvalue weighted by Gasteiger charge is -2.08. The molecule has 1 amide bonds. The molecule has 0 atom stereocenters. The number of hydrogen-bond acceptors (Lipinski definition) is 3. The highest BCUT2D eigenvalue weighted by Gasteiger charge is 2.12. The fourth-order valence-corrected chi connectivity index (χ4v) is 2.21. The van der Waals surface area contributed by atoms with E-state index >= 15 is 0 Å². The Morgan fingerprint density at radius 1 is 0.875 bits per heavy atom. The highest BCUT2D eigenvalue weighted by Crippen LogP contribution is 2.10. The molecule has 3 rings (SSSR count). The molecule has 0 unspecified atom stereocenters. The molecule has 1 aromatic heterocycles. The molecule has 0 saturated carbocycles. The minimum Gasteiger partial charge on any atom is -0.267 e. The van der Waals surface area contributed by atoms with Gasteiger partial charge >= 0.3 is 0 Å². The topological polar surface area (TPSA) is 54.4 Å². The Labute approximate surface area is 138 Å². The summed E-state index contributed by atoms with van der Waals surface area (Å²) in [6.45, 7) is 0. The Morgan fingerprint density at radius 2 is 1.50 bits per heavy atom. The fourth-order valence-electron chi connectivity index (χ4n) is 2.21. The second kappa shape index (κ2) is 7.28. The molecule has 5 heteroatoms. The Morgan fingerprint density at radius 3 is 2.21 bits per heavy atom. The first-order chi connectivity index (χ1) is 11.8. The maximum Gasteiger partial charge on any atom is 0.274 e. The van der Waals surface area contributed by atoms with Crippen LogP contribution in [-0.4, -0.2) is 16.6 Å². The van der Waals surface area contributed by atoms with Crippen LogP contribution in [0.3, 0.4) is 0 Å². The molecule has 0 bridgehead atoms. The number of hydrogen-bond donors (Lipinski definition) is 1. The quantitative estimate of drug-likeness (QED) is 0.592. The monoisotopic (exact) mass is 319 g/mol. The summed E-state index contributed by atoms with van der Waals surface area (Å²) in [6, 6.07) is 18.8. The van der Waals surface area contributed by atoms with E-state index in [0.717, 1.165) is 11.1 Å². The summed E-state index contributed by atoms with van der Waals surface area (Å²) in [6.07, 6.45) is 3.29. The van der Waals surface area contributed by atoms with Crippen LogP contribution in [0.2, 0.25) is 0 Å². The molecule has 0 saturated heterocycles. The van der Waals surface area contributed by atoms with Crippen molar-refractivity contribution in [1.82, 2.24) is 10.4 Å². The van der Waals surface area contributed by atoms with E-state index in [1.54, 1.807) is 30.6 Å². The lowest BCUT2D eigenvalue weighted by atomic mass is 10.0. The van der Waals surface area contributed by atoms with Crippen molar-refractivity contribution in [1.29, 1.82) is 0 Å². The fraction of sp³-hybridized carbons (Fsp3) is 0. The third-order valence-corrected chi connectivity index (χ3v) is 3.39. The van der Waals surface area contributed by atoms with E-state index in [-0.39, 0.29) is 5.56 Å². The molecule has 1 heterocycles. The summed E-state index contributed by atoms with van der Waals surface area (Å²) >= 11 is 0. The molecule has 0 fully saturated rings. The van der Waals surface area contributed by atoms with E-state index in [9.17, 15) is 9.18 Å². The minimum absolute atomic E-state index is 0.0524. The van der Waals surface area contributed by atoms with Gasteiger partial charge in [0, 0.05) is 23.5 Å². The Hall–Kier alpha value is -3.34. The molecule has 2 aromatic carbocycles. The van der Waals surface area contributed by atoms with E-state index in [1.165, 1.54) is 18.2 Å². The van der Waals surface area contributed by atoms with Crippen LogP contribution in [0.4, 0.5) is 4.39 Å². The molecule has 118 valence electrons. The highest BCUT2D eigenvalue weighted by atomic mass is 19.1. The second-order valence-corrected chi connectivity index (χ2v) is 4.98. The standard InChI is InChI=1S/C19H14FN3O/c20-17-9-5-4-8-16(17)19(24)23-22-18(14-6-2-1-3-7-14)15-10-12-21-13-11-15/h1-13H,(H,23,24)/b22-18-. The molecule has 0 radical (unpaired) electrons. The van der Waals surface area contributed by atoms with E-state index in [0.29, 0.717) is 5.71 Å². The van der Waals surface area contributed by atoms with Crippen LogP contribution in [0.15, 0.2) is 84.2 Å². The summed E-state index contributed by atoms with van der Waals surface area (Å²) in [5, 5.41) is 4.20. The SMILES string of the molecule is O=C(N/N=C(/c1ccccc1)c1ccncc1)c1ccccc1F. The van der Waals surface area contributed by atoms with Crippen molar-refractivity contribution in [2.45, 2.75) is 0 Å². The van der Waals surface area contributed by atoms with Gasteiger partial charge in [0.1, 0.15) is 5.82 Å². The number of rotatable bonds is 4. The summed E-state index contributed by atoms with van der Waals surface area (Å²) in [5.74, 6) is -1.19. The van der Waals surface area contributed by atoms with Crippen LogP contribution >= 0.6 is 0 Å². The third-order valence-electron chi connectivity index (χ3n) is 3.39. The lowest BCUT2D eigenvalue weighted by Crippen LogP contribution is -2.21. The molecular formula is C19H14FN3O. The van der Waals surface area contributed by atoms with Crippen LogP contribution in [0.1, 0.15) is 21.5 Å². The summed E-state index contributed by atoms with van der Waals surface area (Å²) in [7, 11) is 0. The van der Waals surface area contributed by atoms with Crippen LogP contribution in [0.5, 0.6) is 0 Å². The first kappa shape index (κ1) is 15.6. The molecule has 0 spiro atoms. The molecular weight excluding hydrogens is 305 g/mol. The van der Waals surface area contributed by atoms with Crippen molar-refractivity contribution in [3.05, 3.63) is 102 Å². The maximum absolute atomic E-state index is 13.7. The predicted octanol–water partition coefficient (Wildman–Crippen LogP) is 3.40. The van der Waals surface area contributed by atoms with E-state index in [2.05, 4.69) is 15.5 Å². The number of halogens is 1. The van der Waals surface area contributed by atoms with Crippen molar-refractivity contribution in [3.63, 3.8) is 0 Å². The number of benzene rings is 2. The zero-order valence-electron chi connectivity index (χ0n) is 12.7. The van der Waals surface area contributed by atoms with Gasteiger partial charge in [0.25, 0.3) is 5.91 Å². The largest absolute Gasteiger partial charge is 0.274 e. The summed E-state index contributed by atoms with van der Waals surface area (Å²) < 4.78 is 13.7. The van der Waals surface area contributed by atoms with Gasteiger partial charge in [-0.2, -0.15) is 5.10 Å². The maximum atomic E-state index is 13.7. The first-order valence-corrected chi connectivity index (χ1v) is 7.34. The molecule has 4 nitrogen and oxygen atoms in total. The van der Waals surface area contributed by atoms with Crippen LogP contribution in [-0.2, 0) is 0 Å². The first-order valence-electron chi connectivity index (χ1n) is 7.34. The van der Waals surface area contributed by atoms with E-state index in [4.69, 9.17) is 0 Å². The van der Waals surface area contributed by atoms with Gasteiger partial charge in [-0.15, -0.1) is 0 Å². The van der Waals surface area contributed by atoms with Gasteiger partial charge < -0.3 is 0 Å². The average Bonchev–Trinajstić information content (AvgIpc) is 2.64. The summed E-state index contributed by atoms with van der Waals surface area (Å²) in [4.78, 5) is 16.1. The van der Waals surface area contributed by atoms with Gasteiger partial charge in [-0.25, -0.2) is 9.82 Å². The number of carbonyl (C=O) groups excluding carboxylic acids is 1. The van der Waals surface area contributed by atoms with Gasteiger partial charge in [-0.05, 0) is 24.3 Å². The Balaban J connectivity index is 1.93. The van der Waals surface area contributed by atoms with Crippen molar-refractivity contribution >= 4 is 11.6 Å². The number of pyridine rings is 1. The van der Waals surface area contributed by atoms with Gasteiger partial charge in [0.15, 0.2) is 0 Å². The number of aromatic nitrogens is 1. The molecule has 24 heavy (non-hydrogen) atoms. The van der Waals surface area contributed by atoms with Gasteiger partial charge in [0.05, 0.1) is 11.3 Å². The van der Waals surface area contributed by atoms with Crippen LogP contribution < -0.4 is 5.43 Å². The number of hydrazone groups is 1. The van der Waals surface area contributed by atoms with Crippen LogP contribution in [0, 0.1) is 5.82 Å². The molecule has 0 aliphatic rings.